The SMILES string of the molecule is Cc1c(C)c2ccc(OCC(=O)N[C@@H]3CS(=O)(=O)C[C@@H]3O)cc2oc1=O. The van der Waals surface area contributed by atoms with Crippen LogP contribution in [0.5, 0.6) is 5.75 Å². The van der Waals surface area contributed by atoms with Gasteiger partial charge in [-0.1, -0.05) is 0 Å². The minimum Gasteiger partial charge on any atom is -0.484 e. The lowest BCUT2D eigenvalue weighted by Gasteiger charge is -2.15. The average molecular weight is 381 g/mol. The number of hydrogen-bond acceptors (Lipinski definition) is 7. The van der Waals surface area contributed by atoms with Crippen LogP contribution in [-0.2, 0) is 14.6 Å². The lowest BCUT2D eigenvalue weighted by Crippen LogP contribution is -2.44. The molecule has 2 heterocycles. The van der Waals surface area contributed by atoms with Gasteiger partial charge in [0.25, 0.3) is 5.91 Å². The monoisotopic (exact) mass is 381 g/mol. The van der Waals surface area contributed by atoms with Gasteiger partial charge in [0.15, 0.2) is 16.4 Å². The van der Waals surface area contributed by atoms with Crippen LogP contribution in [0.3, 0.4) is 0 Å². The van der Waals surface area contributed by atoms with Crippen LogP contribution >= 0.6 is 0 Å². The molecule has 3 rings (SSSR count). The molecule has 2 N–H and O–H groups in total. The van der Waals surface area contributed by atoms with Gasteiger partial charge in [0.1, 0.15) is 11.3 Å². The third kappa shape index (κ3) is 3.73. The normalized spacial score (nSPS) is 21.7. The van der Waals surface area contributed by atoms with E-state index in [0.29, 0.717) is 16.9 Å². The molecular formula is C17H19NO7S. The average Bonchev–Trinajstić information content (AvgIpc) is 2.82. The summed E-state index contributed by atoms with van der Waals surface area (Å²) in [4.78, 5) is 23.7. The van der Waals surface area contributed by atoms with Crippen LogP contribution in [0, 0.1) is 13.8 Å². The zero-order valence-electron chi connectivity index (χ0n) is 14.3. The quantitative estimate of drug-likeness (QED) is 0.718. The van der Waals surface area contributed by atoms with Gasteiger partial charge in [0.2, 0.25) is 0 Å². The van der Waals surface area contributed by atoms with Gasteiger partial charge in [0, 0.05) is 17.0 Å². The van der Waals surface area contributed by atoms with Crippen LogP contribution in [-0.4, -0.2) is 49.7 Å². The van der Waals surface area contributed by atoms with Crippen molar-refractivity contribution in [3.05, 3.63) is 39.7 Å². The summed E-state index contributed by atoms with van der Waals surface area (Å²) < 4.78 is 33.5. The second-order valence-electron chi connectivity index (χ2n) is 6.40. The van der Waals surface area contributed by atoms with Gasteiger partial charge < -0.3 is 19.6 Å². The molecule has 8 nitrogen and oxygen atoms in total. The fourth-order valence-electron chi connectivity index (χ4n) is 2.88. The highest BCUT2D eigenvalue weighted by Gasteiger charge is 2.37. The molecule has 26 heavy (non-hydrogen) atoms. The van der Waals surface area contributed by atoms with Crippen LogP contribution < -0.4 is 15.7 Å². The number of sulfone groups is 1. The molecule has 9 heteroatoms. The number of nitrogens with one attached hydrogen (secondary N) is 1. The number of rotatable bonds is 4. The molecule has 0 bridgehead atoms. The smallest absolute Gasteiger partial charge is 0.339 e. The van der Waals surface area contributed by atoms with Gasteiger partial charge in [-0.05, 0) is 31.5 Å². The van der Waals surface area contributed by atoms with E-state index in [4.69, 9.17) is 9.15 Å². The zero-order chi connectivity index (χ0) is 19.1. The van der Waals surface area contributed by atoms with E-state index in [1.807, 2.05) is 6.92 Å². The third-order valence-corrected chi connectivity index (χ3v) is 6.18. The lowest BCUT2D eigenvalue weighted by molar-refractivity contribution is -0.124. The Morgan fingerprint density at radius 1 is 1.31 bits per heavy atom. The van der Waals surface area contributed by atoms with E-state index in [1.54, 1.807) is 19.1 Å². The highest BCUT2D eigenvalue weighted by atomic mass is 32.2. The van der Waals surface area contributed by atoms with Gasteiger partial charge in [-0.2, -0.15) is 0 Å². The third-order valence-electron chi connectivity index (χ3n) is 4.47. The second kappa shape index (κ2) is 6.73. The summed E-state index contributed by atoms with van der Waals surface area (Å²) in [7, 11) is -3.34. The highest BCUT2D eigenvalue weighted by molar-refractivity contribution is 7.91. The molecule has 1 aromatic carbocycles. The minimum absolute atomic E-state index is 0.292. The van der Waals surface area contributed by atoms with Crippen LogP contribution in [0.2, 0.25) is 0 Å². The number of benzene rings is 1. The maximum absolute atomic E-state index is 11.9. The number of carbonyl (C=O) groups is 1. The summed E-state index contributed by atoms with van der Waals surface area (Å²) in [6, 6.07) is 4.07. The first-order valence-electron chi connectivity index (χ1n) is 8.01. The number of ether oxygens (including phenoxy) is 1. The molecule has 2 aromatic rings. The van der Waals surface area contributed by atoms with Crippen LogP contribution in [0.4, 0.5) is 0 Å². The molecule has 1 aromatic heterocycles. The second-order valence-corrected chi connectivity index (χ2v) is 8.56. The van der Waals surface area contributed by atoms with Crippen molar-refractivity contribution in [2.75, 3.05) is 18.1 Å². The van der Waals surface area contributed by atoms with Gasteiger partial charge in [-0.15, -0.1) is 0 Å². The summed E-state index contributed by atoms with van der Waals surface area (Å²) in [5, 5.41) is 12.9. The molecule has 0 aliphatic carbocycles. The van der Waals surface area contributed by atoms with E-state index < -0.39 is 33.5 Å². The maximum Gasteiger partial charge on any atom is 0.339 e. The van der Waals surface area contributed by atoms with Gasteiger partial charge in [-0.25, -0.2) is 13.2 Å². The molecule has 1 aliphatic rings. The number of fused-ring (bicyclic) bond motifs is 1. The topological polar surface area (TPSA) is 123 Å². The van der Waals surface area contributed by atoms with Crippen molar-refractivity contribution in [1.29, 1.82) is 0 Å². The fourth-order valence-corrected chi connectivity index (χ4v) is 4.62. The predicted octanol–water partition coefficient (Wildman–Crippen LogP) is 0.0627. The Morgan fingerprint density at radius 3 is 2.69 bits per heavy atom. The number of hydrogen-bond donors (Lipinski definition) is 2. The summed E-state index contributed by atoms with van der Waals surface area (Å²) >= 11 is 0. The van der Waals surface area contributed by atoms with E-state index in [2.05, 4.69) is 5.32 Å². The van der Waals surface area contributed by atoms with Gasteiger partial charge in [-0.3, -0.25) is 4.79 Å². The Morgan fingerprint density at radius 2 is 2.04 bits per heavy atom. The van der Waals surface area contributed by atoms with Crippen molar-refractivity contribution < 1.29 is 27.5 Å². The summed E-state index contributed by atoms with van der Waals surface area (Å²) in [6.45, 7) is 3.15. The molecule has 1 saturated heterocycles. The standard InChI is InChI=1S/C17H19NO7S/c1-9-10(2)17(21)25-15-5-11(3-4-12(9)15)24-6-16(20)18-13-7-26(22,23)8-14(13)19/h3-5,13-14,19H,6-8H2,1-2H3,(H,18,20)/t13-,14+/m1/s1. The van der Waals surface area contributed by atoms with Crippen molar-refractivity contribution in [2.45, 2.75) is 26.0 Å². The van der Waals surface area contributed by atoms with E-state index in [0.717, 1.165) is 10.9 Å². The Balaban J connectivity index is 1.67. The minimum atomic E-state index is -3.34. The van der Waals surface area contributed by atoms with Gasteiger partial charge >= 0.3 is 5.63 Å². The molecule has 0 unspecified atom stereocenters. The Labute approximate surface area is 149 Å². The molecule has 2 atom stereocenters. The lowest BCUT2D eigenvalue weighted by atomic mass is 10.1. The molecule has 0 radical (unpaired) electrons. The summed E-state index contributed by atoms with van der Waals surface area (Å²) in [5.41, 5.74) is 1.28. The van der Waals surface area contributed by atoms with Crippen molar-refractivity contribution in [1.82, 2.24) is 5.32 Å². The molecule has 1 amide bonds. The highest BCUT2D eigenvalue weighted by Crippen LogP contribution is 2.23. The predicted molar refractivity (Wildman–Crippen MR) is 94.0 cm³/mol. The van der Waals surface area contributed by atoms with Crippen molar-refractivity contribution in [2.24, 2.45) is 0 Å². The van der Waals surface area contributed by atoms with Gasteiger partial charge in [0.05, 0.1) is 23.7 Å². The Kier molecular flexibility index (Phi) is 4.76. The fraction of sp³-hybridized carbons (Fsp3) is 0.412. The van der Waals surface area contributed by atoms with E-state index >= 15 is 0 Å². The maximum atomic E-state index is 11.9. The molecule has 0 saturated carbocycles. The summed E-state index contributed by atoms with van der Waals surface area (Å²) in [6.07, 6.45) is -1.12. The Hall–Kier alpha value is -2.39. The first-order chi connectivity index (χ1) is 12.2. The molecule has 140 valence electrons. The van der Waals surface area contributed by atoms with E-state index in [9.17, 15) is 23.1 Å². The van der Waals surface area contributed by atoms with E-state index in [-0.39, 0.29) is 18.1 Å². The number of aliphatic hydroxyl groups excluding tert-OH is 1. The van der Waals surface area contributed by atoms with E-state index in [1.165, 1.54) is 6.07 Å². The van der Waals surface area contributed by atoms with Crippen molar-refractivity contribution >= 4 is 26.7 Å². The zero-order valence-corrected chi connectivity index (χ0v) is 15.1. The Bertz CT molecular complexity index is 1030. The number of amides is 1. The van der Waals surface area contributed by atoms with Crippen LogP contribution in [0.15, 0.2) is 27.4 Å². The van der Waals surface area contributed by atoms with Crippen molar-refractivity contribution in [3.8, 4) is 5.75 Å². The summed E-state index contributed by atoms with van der Waals surface area (Å²) in [5.74, 6) is -0.868. The molecular weight excluding hydrogens is 362 g/mol. The van der Waals surface area contributed by atoms with Crippen LogP contribution in [0.25, 0.3) is 11.0 Å². The molecule has 1 aliphatic heterocycles. The van der Waals surface area contributed by atoms with Crippen molar-refractivity contribution in [3.63, 3.8) is 0 Å². The molecule has 0 spiro atoms. The number of aliphatic hydroxyl groups is 1. The van der Waals surface area contributed by atoms with Crippen LogP contribution in [0.1, 0.15) is 11.1 Å². The first kappa shape index (κ1) is 18.4. The largest absolute Gasteiger partial charge is 0.484 e. The molecule has 1 fully saturated rings. The number of aryl methyl sites for hydroxylation is 1. The first-order valence-corrected chi connectivity index (χ1v) is 9.83. The number of carbonyl (C=O) groups excluding carboxylic acids is 1.